The van der Waals surface area contributed by atoms with Crippen molar-refractivity contribution in [1.29, 1.82) is 0 Å². The molecule has 31 heavy (non-hydrogen) atoms. The van der Waals surface area contributed by atoms with E-state index in [1.54, 1.807) is 46.4 Å². The molecule has 168 valence electrons. The summed E-state index contributed by atoms with van der Waals surface area (Å²) in [6, 6.07) is 7.91. The van der Waals surface area contributed by atoms with Gasteiger partial charge in [0, 0.05) is 31.0 Å². The van der Waals surface area contributed by atoms with Crippen molar-refractivity contribution >= 4 is 23.2 Å². The number of ether oxygens (including phenoxy) is 2. The van der Waals surface area contributed by atoms with E-state index >= 15 is 0 Å². The van der Waals surface area contributed by atoms with Crippen LogP contribution < -0.4 is 4.74 Å². The molecule has 1 aromatic heterocycles. The average Bonchev–Trinajstić information content (AvgIpc) is 3.24. The molecule has 6 nitrogen and oxygen atoms in total. The molecule has 2 aromatic rings. The molecule has 1 atom stereocenters. The van der Waals surface area contributed by atoms with Crippen LogP contribution in [-0.2, 0) is 20.7 Å². The van der Waals surface area contributed by atoms with E-state index < -0.39 is 5.82 Å². The molecule has 0 radical (unpaired) electrons. The number of rotatable bonds is 9. The second-order valence-electron chi connectivity index (χ2n) is 7.80. The van der Waals surface area contributed by atoms with Crippen LogP contribution in [0.15, 0.2) is 35.7 Å². The first-order valence-electron chi connectivity index (χ1n) is 10.4. The number of thiophene rings is 1. The van der Waals surface area contributed by atoms with E-state index in [1.165, 1.54) is 10.9 Å². The van der Waals surface area contributed by atoms with Crippen LogP contribution in [0.3, 0.4) is 0 Å². The number of carbonyl (C=O) groups excluding carboxylic acids is 2. The number of nitrogens with zero attached hydrogens (tertiary/aromatic N) is 2. The fourth-order valence-corrected chi connectivity index (χ4v) is 4.62. The number of carbonyl (C=O) groups is 2. The van der Waals surface area contributed by atoms with Crippen molar-refractivity contribution in [2.24, 2.45) is 5.92 Å². The SMILES string of the molecule is COCCN(CC(=O)N1CCc2sccc2[C@H]1COc1ccccc1F)C(=O)C(C)C. The standard InChI is InChI=1S/C23H29FN2O4S/c1-16(2)23(28)25(11-12-29-3)14-22(27)26-10-8-21-17(9-13-31-21)19(26)15-30-20-7-5-4-6-18(20)24/h4-7,9,13,16,19H,8,10-12,14-15H2,1-3H3/t19-/m1/s1. The lowest BCUT2D eigenvalue weighted by Gasteiger charge is -2.37. The van der Waals surface area contributed by atoms with Crippen molar-refractivity contribution in [2.45, 2.75) is 26.3 Å². The molecule has 0 N–H and O–H groups in total. The van der Waals surface area contributed by atoms with Gasteiger partial charge in [-0.2, -0.15) is 0 Å². The molecule has 0 spiro atoms. The third-order valence-electron chi connectivity index (χ3n) is 5.35. The summed E-state index contributed by atoms with van der Waals surface area (Å²) >= 11 is 1.65. The van der Waals surface area contributed by atoms with Crippen LogP contribution in [0, 0.1) is 11.7 Å². The highest BCUT2D eigenvalue weighted by Crippen LogP contribution is 2.34. The van der Waals surface area contributed by atoms with E-state index in [9.17, 15) is 14.0 Å². The highest BCUT2D eigenvalue weighted by Gasteiger charge is 2.33. The minimum absolute atomic E-state index is 0.0178. The number of hydrogen-bond acceptors (Lipinski definition) is 5. The van der Waals surface area contributed by atoms with Crippen molar-refractivity contribution in [1.82, 2.24) is 9.80 Å². The number of fused-ring (bicyclic) bond motifs is 1. The van der Waals surface area contributed by atoms with Gasteiger partial charge in [-0.1, -0.05) is 26.0 Å². The minimum atomic E-state index is -0.435. The zero-order valence-electron chi connectivity index (χ0n) is 18.2. The van der Waals surface area contributed by atoms with Gasteiger partial charge in [0.05, 0.1) is 19.2 Å². The molecule has 1 aliphatic rings. The largest absolute Gasteiger partial charge is 0.488 e. The fourth-order valence-electron chi connectivity index (χ4n) is 3.69. The maximum absolute atomic E-state index is 14.0. The van der Waals surface area contributed by atoms with Crippen LogP contribution in [0.2, 0.25) is 0 Å². The maximum Gasteiger partial charge on any atom is 0.242 e. The molecule has 1 aliphatic heterocycles. The Balaban J connectivity index is 1.77. The van der Waals surface area contributed by atoms with Crippen LogP contribution in [0.25, 0.3) is 0 Å². The number of amides is 2. The molecule has 8 heteroatoms. The molecule has 0 saturated carbocycles. The van der Waals surface area contributed by atoms with E-state index in [2.05, 4.69) is 0 Å². The molecule has 2 heterocycles. The molecule has 0 fully saturated rings. The molecule has 1 aromatic carbocycles. The smallest absolute Gasteiger partial charge is 0.242 e. The van der Waals surface area contributed by atoms with Gasteiger partial charge in [0.25, 0.3) is 0 Å². The van der Waals surface area contributed by atoms with Gasteiger partial charge in [-0.15, -0.1) is 11.3 Å². The molecule has 0 aliphatic carbocycles. The first kappa shape index (κ1) is 23.2. The number of benzene rings is 1. The average molecular weight is 449 g/mol. The highest BCUT2D eigenvalue weighted by molar-refractivity contribution is 7.10. The van der Waals surface area contributed by atoms with Gasteiger partial charge in [-0.25, -0.2) is 4.39 Å². The zero-order chi connectivity index (χ0) is 22.4. The van der Waals surface area contributed by atoms with Crippen LogP contribution in [0.5, 0.6) is 5.75 Å². The van der Waals surface area contributed by atoms with Crippen molar-refractivity contribution < 1.29 is 23.5 Å². The highest BCUT2D eigenvalue weighted by atomic mass is 32.1. The van der Waals surface area contributed by atoms with Crippen molar-refractivity contribution in [3.8, 4) is 5.75 Å². The Morgan fingerprint density at radius 1 is 1.29 bits per heavy atom. The third kappa shape index (κ3) is 5.62. The summed E-state index contributed by atoms with van der Waals surface area (Å²) in [4.78, 5) is 30.4. The predicted octanol–water partition coefficient (Wildman–Crippen LogP) is 3.52. The van der Waals surface area contributed by atoms with E-state index in [1.807, 2.05) is 25.3 Å². The van der Waals surface area contributed by atoms with Crippen LogP contribution in [0.4, 0.5) is 4.39 Å². The van der Waals surface area contributed by atoms with Crippen LogP contribution >= 0.6 is 11.3 Å². The van der Waals surface area contributed by atoms with Gasteiger partial charge in [0.1, 0.15) is 6.61 Å². The van der Waals surface area contributed by atoms with E-state index in [4.69, 9.17) is 9.47 Å². The summed E-state index contributed by atoms with van der Waals surface area (Å²) in [6.07, 6.45) is 0.755. The Morgan fingerprint density at radius 3 is 2.77 bits per heavy atom. The Hall–Kier alpha value is -2.45. The van der Waals surface area contributed by atoms with Crippen molar-refractivity contribution in [2.75, 3.05) is 40.0 Å². The monoisotopic (exact) mass is 448 g/mol. The van der Waals surface area contributed by atoms with Gasteiger partial charge in [0.2, 0.25) is 11.8 Å². The summed E-state index contributed by atoms with van der Waals surface area (Å²) in [5, 5.41) is 2.00. The van der Waals surface area contributed by atoms with Crippen molar-refractivity contribution in [3.63, 3.8) is 0 Å². The lowest BCUT2D eigenvalue weighted by molar-refractivity contribution is -0.144. The first-order valence-corrected chi connectivity index (χ1v) is 11.3. The predicted molar refractivity (Wildman–Crippen MR) is 118 cm³/mol. The Morgan fingerprint density at radius 2 is 2.06 bits per heavy atom. The van der Waals surface area contributed by atoms with Crippen LogP contribution in [-0.4, -0.2) is 61.6 Å². The molecular formula is C23H29FN2O4S. The molecule has 2 amide bonds. The minimum Gasteiger partial charge on any atom is -0.488 e. The van der Waals surface area contributed by atoms with Gasteiger partial charge in [0.15, 0.2) is 11.6 Å². The summed E-state index contributed by atoms with van der Waals surface area (Å²) in [5.41, 5.74) is 1.03. The normalized spacial score (nSPS) is 15.6. The molecule has 3 rings (SSSR count). The maximum atomic E-state index is 14.0. The lowest BCUT2D eigenvalue weighted by atomic mass is 10.0. The molecule has 0 bridgehead atoms. The van der Waals surface area contributed by atoms with Crippen molar-refractivity contribution in [3.05, 3.63) is 52.0 Å². The summed E-state index contributed by atoms with van der Waals surface area (Å²) < 4.78 is 24.9. The topological polar surface area (TPSA) is 59.1 Å². The van der Waals surface area contributed by atoms with Gasteiger partial charge < -0.3 is 19.3 Å². The molecular weight excluding hydrogens is 419 g/mol. The number of hydrogen-bond donors (Lipinski definition) is 0. The zero-order valence-corrected chi connectivity index (χ0v) is 19.0. The lowest BCUT2D eigenvalue weighted by Crippen LogP contribution is -2.49. The Kier molecular flexibility index (Phi) is 8.03. The molecule has 0 unspecified atom stereocenters. The fraction of sp³-hybridized carbons (Fsp3) is 0.478. The van der Waals surface area contributed by atoms with Gasteiger partial charge in [-0.3, -0.25) is 9.59 Å². The van der Waals surface area contributed by atoms with E-state index in [0.29, 0.717) is 19.7 Å². The van der Waals surface area contributed by atoms with Crippen LogP contribution in [0.1, 0.15) is 30.3 Å². The quantitative estimate of drug-likeness (QED) is 0.589. The summed E-state index contributed by atoms with van der Waals surface area (Å²) in [6.45, 7) is 5.01. The van der Waals surface area contributed by atoms with Gasteiger partial charge >= 0.3 is 0 Å². The van der Waals surface area contributed by atoms with Gasteiger partial charge in [-0.05, 0) is 35.6 Å². The number of para-hydroxylation sites is 1. The summed E-state index contributed by atoms with van der Waals surface area (Å²) in [7, 11) is 1.57. The summed E-state index contributed by atoms with van der Waals surface area (Å²) in [5.74, 6) is -0.722. The Bertz CT molecular complexity index is 901. The Labute approximate surface area is 186 Å². The first-order chi connectivity index (χ1) is 14.9. The number of halogens is 1. The van der Waals surface area contributed by atoms with E-state index in [-0.39, 0.29) is 42.7 Å². The second-order valence-corrected chi connectivity index (χ2v) is 8.80. The number of methoxy groups -OCH3 is 1. The second kappa shape index (κ2) is 10.7. The molecule has 0 saturated heterocycles. The third-order valence-corrected chi connectivity index (χ3v) is 6.34. The van der Waals surface area contributed by atoms with E-state index in [0.717, 1.165) is 12.0 Å².